The Morgan fingerprint density at radius 3 is 2.19 bits per heavy atom. The van der Waals surface area contributed by atoms with Crippen molar-refractivity contribution in [2.75, 3.05) is 31.5 Å². The van der Waals surface area contributed by atoms with E-state index in [2.05, 4.69) is 29.8 Å². The van der Waals surface area contributed by atoms with Gasteiger partial charge in [0.2, 0.25) is 0 Å². The maximum Gasteiger partial charge on any atom is 0.312 e. The molecule has 1 saturated heterocycles. The highest BCUT2D eigenvalue weighted by molar-refractivity contribution is 9.09. The monoisotopic (exact) mass is 290 g/mol. The summed E-state index contributed by atoms with van der Waals surface area (Å²) >= 11 is 3.42. The Balaban J connectivity index is 2.65. The van der Waals surface area contributed by atoms with Crippen LogP contribution in [0.4, 0.5) is 0 Å². The lowest BCUT2D eigenvalue weighted by atomic mass is 9.95. The second-order valence-electron chi connectivity index (χ2n) is 4.91. The maximum atomic E-state index is 11.8. The van der Waals surface area contributed by atoms with Gasteiger partial charge in [0.25, 0.3) is 0 Å². The summed E-state index contributed by atoms with van der Waals surface area (Å²) in [6, 6.07) is 0. The highest BCUT2D eigenvalue weighted by Crippen LogP contribution is 2.21. The molecular weight excluding hydrogens is 272 g/mol. The van der Waals surface area contributed by atoms with E-state index in [4.69, 9.17) is 0 Å². The van der Waals surface area contributed by atoms with E-state index in [0.717, 1.165) is 5.33 Å². The topological polar surface area (TPSA) is 40.6 Å². The summed E-state index contributed by atoms with van der Waals surface area (Å²) in [4.78, 5) is 26.7. The molecule has 0 unspecified atom stereocenters. The molecule has 4 nitrogen and oxygen atoms in total. The molecule has 1 rings (SSSR count). The van der Waals surface area contributed by atoms with Crippen molar-refractivity contribution in [3.8, 4) is 0 Å². The SMILES string of the molecule is CCN1CCN(CC(C)(C)CBr)C(=O)C1=O. The summed E-state index contributed by atoms with van der Waals surface area (Å²) in [5.74, 6) is -0.721. The molecular formula is C11H19BrN2O2. The lowest BCUT2D eigenvalue weighted by Crippen LogP contribution is -2.56. The van der Waals surface area contributed by atoms with Crippen LogP contribution in [0.2, 0.25) is 0 Å². The van der Waals surface area contributed by atoms with Gasteiger partial charge in [-0.15, -0.1) is 0 Å². The molecule has 0 aromatic carbocycles. The third kappa shape index (κ3) is 2.97. The first-order valence-electron chi connectivity index (χ1n) is 5.55. The quantitative estimate of drug-likeness (QED) is 0.575. The molecule has 0 atom stereocenters. The van der Waals surface area contributed by atoms with Gasteiger partial charge in [0.05, 0.1) is 0 Å². The zero-order valence-corrected chi connectivity index (χ0v) is 11.7. The molecule has 0 N–H and O–H groups in total. The molecule has 0 aromatic heterocycles. The number of likely N-dealkylation sites (N-methyl/N-ethyl adjacent to an activating group) is 1. The number of hydrogen-bond acceptors (Lipinski definition) is 2. The molecule has 2 amide bonds. The van der Waals surface area contributed by atoms with Crippen LogP contribution in [0, 0.1) is 5.41 Å². The third-order valence-corrected chi connectivity index (χ3v) is 4.28. The van der Waals surface area contributed by atoms with Crippen LogP contribution >= 0.6 is 15.9 Å². The van der Waals surface area contributed by atoms with Gasteiger partial charge in [0.1, 0.15) is 0 Å². The Labute approximate surface area is 105 Å². The van der Waals surface area contributed by atoms with E-state index < -0.39 is 0 Å². The van der Waals surface area contributed by atoms with Crippen molar-refractivity contribution in [1.29, 1.82) is 0 Å². The lowest BCUT2D eigenvalue weighted by Gasteiger charge is -2.37. The normalized spacial score (nSPS) is 18.2. The Kier molecular flexibility index (Phi) is 4.35. The van der Waals surface area contributed by atoms with Crippen LogP contribution in [0.5, 0.6) is 0 Å². The molecule has 0 aliphatic carbocycles. The smallest absolute Gasteiger partial charge is 0.312 e. The van der Waals surface area contributed by atoms with Gasteiger partial charge >= 0.3 is 11.8 Å². The van der Waals surface area contributed by atoms with Crippen LogP contribution in [0.1, 0.15) is 20.8 Å². The molecule has 0 aromatic rings. The summed E-state index contributed by atoms with van der Waals surface area (Å²) < 4.78 is 0. The zero-order valence-electron chi connectivity index (χ0n) is 10.1. The van der Waals surface area contributed by atoms with Gasteiger partial charge in [-0.25, -0.2) is 0 Å². The predicted molar refractivity (Wildman–Crippen MR) is 66.4 cm³/mol. The number of amides is 2. The van der Waals surface area contributed by atoms with Crippen LogP contribution in [-0.2, 0) is 9.59 Å². The summed E-state index contributed by atoms with van der Waals surface area (Å²) in [5, 5.41) is 0.815. The van der Waals surface area contributed by atoms with Gasteiger partial charge < -0.3 is 9.80 Å². The molecule has 5 heteroatoms. The fourth-order valence-electron chi connectivity index (χ4n) is 1.73. The van der Waals surface area contributed by atoms with Crippen molar-refractivity contribution in [3.05, 3.63) is 0 Å². The summed E-state index contributed by atoms with van der Waals surface area (Å²) in [6.07, 6.45) is 0. The fourth-order valence-corrected chi connectivity index (χ4v) is 1.90. The van der Waals surface area contributed by atoms with Crippen molar-refractivity contribution < 1.29 is 9.59 Å². The number of piperazine rings is 1. The predicted octanol–water partition coefficient (Wildman–Crippen LogP) is 1.10. The van der Waals surface area contributed by atoms with E-state index in [1.54, 1.807) is 9.80 Å². The average Bonchev–Trinajstić information content (AvgIpc) is 2.25. The van der Waals surface area contributed by atoms with Gasteiger partial charge in [-0.05, 0) is 12.3 Å². The van der Waals surface area contributed by atoms with E-state index in [1.165, 1.54) is 0 Å². The molecule has 16 heavy (non-hydrogen) atoms. The van der Waals surface area contributed by atoms with Crippen molar-refractivity contribution in [2.45, 2.75) is 20.8 Å². The first-order valence-corrected chi connectivity index (χ1v) is 6.67. The second kappa shape index (κ2) is 5.17. The van der Waals surface area contributed by atoms with Gasteiger partial charge in [-0.2, -0.15) is 0 Å². The number of nitrogens with zero attached hydrogens (tertiary/aromatic N) is 2. The summed E-state index contributed by atoms with van der Waals surface area (Å²) in [7, 11) is 0. The first-order chi connectivity index (χ1) is 7.41. The highest BCUT2D eigenvalue weighted by atomic mass is 79.9. The van der Waals surface area contributed by atoms with Crippen LogP contribution in [-0.4, -0.2) is 53.1 Å². The minimum Gasteiger partial charge on any atom is -0.333 e. The third-order valence-electron chi connectivity index (χ3n) is 2.76. The van der Waals surface area contributed by atoms with Crippen molar-refractivity contribution in [1.82, 2.24) is 9.80 Å². The zero-order chi connectivity index (χ0) is 12.3. The Bertz CT molecular complexity index is 292. The maximum absolute atomic E-state index is 11.8. The number of carbonyl (C=O) groups is 2. The summed E-state index contributed by atoms with van der Waals surface area (Å²) in [5.41, 5.74) is 0.00429. The van der Waals surface area contributed by atoms with Gasteiger partial charge in [0, 0.05) is 31.5 Å². The van der Waals surface area contributed by atoms with E-state index in [0.29, 0.717) is 26.2 Å². The van der Waals surface area contributed by atoms with E-state index >= 15 is 0 Å². The molecule has 1 aliphatic heterocycles. The van der Waals surface area contributed by atoms with Crippen LogP contribution in [0.3, 0.4) is 0 Å². The standard InChI is InChI=1S/C11H19BrN2O2/c1-4-13-5-6-14(10(16)9(13)15)8-11(2,3)7-12/h4-8H2,1-3H3. The molecule has 92 valence electrons. The molecule has 0 spiro atoms. The molecule has 1 aliphatic rings. The number of carbonyl (C=O) groups excluding carboxylic acids is 2. The molecule has 1 fully saturated rings. The fraction of sp³-hybridized carbons (Fsp3) is 0.818. The second-order valence-corrected chi connectivity index (χ2v) is 5.47. The lowest BCUT2D eigenvalue weighted by molar-refractivity contribution is -0.156. The van der Waals surface area contributed by atoms with Gasteiger partial charge in [-0.1, -0.05) is 29.8 Å². The van der Waals surface area contributed by atoms with E-state index in [-0.39, 0.29) is 17.2 Å². The number of halogens is 1. The van der Waals surface area contributed by atoms with Crippen LogP contribution in [0.25, 0.3) is 0 Å². The number of alkyl halides is 1. The number of rotatable bonds is 4. The Morgan fingerprint density at radius 2 is 1.69 bits per heavy atom. The first kappa shape index (κ1) is 13.5. The van der Waals surface area contributed by atoms with Crippen molar-refractivity contribution in [3.63, 3.8) is 0 Å². The van der Waals surface area contributed by atoms with Gasteiger partial charge in [0.15, 0.2) is 0 Å². The minimum atomic E-state index is -0.362. The van der Waals surface area contributed by atoms with Crippen LogP contribution in [0.15, 0.2) is 0 Å². The van der Waals surface area contributed by atoms with Crippen molar-refractivity contribution >= 4 is 27.7 Å². The van der Waals surface area contributed by atoms with Crippen LogP contribution < -0.4 is 0 Å². The minimum absolute atomic E-state index is 0.00429. The van der Waals surface area contributed by atoms with Gasteiger partial charge in [-0.3, -0.25) is 9.59 Å². The van der Waals surface area contributed by atoms with E-state index in [9.17, 15) is 9.59 Å². The molecule has 0 saturated carbocycles. The molecule has 0 radical (unpaired) electrons. The van der Waals surface area contributed by atoms with Crippen molar-refractivity contribution in [2.24, 2.45) is 5.41 Å². The Hall–Kier alpha value is -0.580. The molecule has 0 bridgehead atoms. The highest BCUT2D eigenvalue weighted by Gasteiger charge is 2.34. The summed E-state index contributed by atoms with van der Waals surface area (Å²) in [6.45, 7) is 8.58. The average molecular weight is 291 g/mol. The molecule has 1 heterocycles. The number of hydrogen-bond donors (Lipinski definition) is 0. The van der Waals surface area contributed by atoms with E-state index in [1.807, 2.05) is 6.92 Å². The largest absolute Gasteiger partial charge is 0.333 e. The Morgan fingerprint density at radius 1 is 1.19 bits per heavy atom.